The van der Waals surface area contributed by atoms with Crippen LogP contribution < -0.4 is 15.5 Å². The molecule has 90 valence electrons. The van der Waals surface area contributed by atoms with E-state index in [1.54, 1.807) is 18.3 Å². The number of amides is 1. The van der Waals surface area contributed by atoms with Crippen molar-refractivity contribution in [2.45, 2.75) is 0 Å². The Bertz CT molecular complexity index is 423. The van der Waals surface area contributed by atoms with Crippen LogP contribution in [0.1, 0.15) is 0 Å². The molecule has 0 aliphatic rings. The van der Waals surface area contributed by atoms with Gasteiger partial charge in [0.15, 0.2) is 5.82 Å². The first-order valence-electron chi connectivity index (χ1n) is 5.21. The first kappa shape index (κ1) is 13.0. The summed E-state index contributed by atoms with van der Waals surface area (Å²) in [6.07, 6.45) is 6.75. The number of hydrogen-bond donors (Lipinski definition) is 2. The van der Waals surface area contributed by atoms with Crippen molar-refractivity contribution in [2.24, 2.45) is 0 Å². The molecule has 1 heterocycles. The zero-order valence-electron chi connectivity index (χ0n) is 10.0. The molecule has 0 aliphatic heterocycles. The summed E-state index contributed by atoms with van der Waals surface area (Å²) < 4.78 is 0. The third-order valence-electron chi connectivity index (χ3n) is 2.00. The van der Waals surface area contributed by atoms with Gasteiger partial charge in [-0.05, 0) is 12.1 Å². The van der Waals surface area contributed by atoms with Crippen LogP contribution >= 0.6 is 0 Å². The highest BCUT2D eigenvalue weighted by molar-refractivity contribution is 5.94. The fraction of sp³-hybridized carbons (Fsp3) is 0.333. The molecule has 0 saturated heterocycles. The summed E-state index contributed by atoms with van der Waals surface area (Å²) in [5, 5.41) is 5.60. The van der Waals surface area contributed by atoms with E-state index in [1.165, 1.54) is 0 Å². The fourth-order valence-electron chi connectivity index (χ4n) is 1.29. The first-order chi connectivity index (χ1) is 8.15. The van der Waals surface area contributed by atoms with Gasteiger partial charge < -0.3 is 10.2 Å². The maximum Gasteiger partial charge on any atom is 0.238 e. The van der Waals surface area contributed by atoms with Gasteiger partial charge in [0.25, 0.3) is 0 Å². The fourth-order valence-corrected chi connectivity index (χ4v) is 1.29. The Morgan fingerprint density at radius 2 is 2.35 bits per heavy atom. The van der Waals surface area contributed by atoms with Gasteiger partial charge >= 0.3 is 0 Å². The smallest absolute Gasteiger partial charge is 0.238 e. The van der Waals surface area contributed by atoms with E-state index in [0.717, 1.165) is 5.82 Å². The predicted molar refractivity (Wildman–Crippen MR) is 68.9 cm³/mol. The quantitative estimate of drug-likeness (QED) is 0.566. The molecule has 1 aromatic rings. The number of aromatic nitrogens is 1. The van der Waals surface area contributed by atoms with Gasteiger partial charge in [0.1, 0.15) is 0 Å². The number of carbonyl (C=O) groups excluding carboxylic acids is 1. The monoisotopic (exact) mass is 232 g/mol. The van der Waals surface area contributed by atoms with E-state index in [0.29, 0.717) is 12.2 Å². The van der Waals surface area contributed by atoms with Crippen LogP contribution in [0.25, 0.3) is 0 Å². The molecule has 0 bridgehead atoms. The predicted octanol–water partition coefficient (Wildman–Crippen LogP) is 0.309. The van der Waals surface area contributed by atoms with Crippen molar-refractivity contribution in [1.29, 1.82) is 0 Å². The summed E-state index contributed by atoms with van der Waals surface area (Å²) >= 11 is 0. The minimum Gasteiger partial charge on any atom is -0.361 e. The zero-order chi connectivity index (χ0) is 12.7. The van der Waals surface area contributed by atoms with Crippen LogP contribution in [-0.4, -0.2) is 38.1 Å². The van der Waals surface area contributed by atoms with E-state index in [1.807, 2.05) is 19.0 Å². The number of pyridine rings is 1. The van der Waals surface area contributed by atoms with Gasteiger partial charge in [0.05, 0.1) is 18.8 Å². The highest BCUT2D eigenvalue weighted by Gasteiger charge is 2.08. The molecule has 0 atom stereocenters. The van der Waals surface area contributed by atoms with E-state index < -0.39 is 0 Å². The van der Waals surface area contributed by atoms with Gasteiger partial charge in [0, 0.05) is 20.3 Å². The van der Waals surface area contributed by atoms with Crippen LogP contribution in [0.3, 0.4) is 0 Å². The molecule has 0 radical (unpaired) electrons. The highest BCUT2D eigenvalue weighted by Crippen LogP contribution is 2.19. The Kier molecular flexibility index (Phi) is 4.98. The van der Waals surface area contributed by atoms with E-state index in [-0.39, 0.29) is 12.5 Å². The van der Waals surface area contributed by atoms with Crippen LogP contribution in [0.2, 0.25) is 0 Å². The second-order valence-electron chi connectivity index (χ2n) is 3.62. The minimum absolute atomic E-state index is 0.142. The molecule has 0 spiro atoms. The second kappa shape index (κ2) is 6.51. The maximum atomic E-state index is 11.6. The Hall–Kier alpha value is -2.06. The average molecular weight is 232 g/mol. The molecule has 0 saturated carbocycles. The Morgan fingerprint density at radius 1 is 1.59 bits per heavy atom. The van der Waals surface area contributed by atoms with Crippen molar-refractivity contribution in [2.75, 3.05) is 37.4 Å². The summed E-state index contributed by atoms with van der Waals surface area (Å²) in [6, 6.07) is 3.58. The highest BCUT2D eigenvalue weighted by atomic mass is 16.1. The molecule has 5 nitrogen and oxygen atoms in total. The number of nitrogens with zero attached hydrogens (tertiary/aromatic N) is 2. The third-order valence-corrected chi connectivity index (χ3v) is 2.00. The molecular weight excluding hydrogens is 216 g/mol. The van der Waals surface area contributed by atoms with E-state index in [9.17, 15) is 4.79 Å². The molecule has 0 aliphatic carbocycles. The molecule has 0 unspecified atom stereocenters. The molecule has 1 amide bonds. The largest absolute Gasteiger partial charge is 0.361 e. The van der Waals surface area contributed by atoms with Crippen molar-refractivity contribution in [3.05, 3.63) is 18.3 Å². The van der Waals surface area contributed by atoms with Crippen LogP contribution in [0.15, 0.2) is 18.3 Å². The van der Waals surface area contributed by atoms with Crippen molar-refractivity contribution >= 4 is 17.4 Å². The summed E-state index contributed by atoms with van der Waals surface area (Å²) in [7, 11) is 3.74. The van der Waals surface area contributed by atoms with Gasteiger partial charge in [-0.3, -0.25) is 10.1 Å². The number of hydrogen-bond acceptors (Lipinski definition) is 4. The average Bonchev–Trinajstić information content (AvgIpc) is 2.29. The normalized spacial score (nSPS) is 9.47. The van der Waals surface area contributed by atoms with Gasteiger partial charge in [-0.25, -0.2) is 4.98 Å². The molecule has 5 heteroatoms. The lowest BCUT2D eigenvalue weighted by Crippen LogP contribution is -2.29. The number of nitrogens with one attached hydrogen (secondary N) is 2. The Balaban J connectivity index is 2.62. The SMILES string of the molecule is C#CCNCC(=O)Nc1cccnc1N(C)C. The van der Waals surface area contributed by atoms with Crippen LogP contribution in [-0.2, 0) is 4.79 Å². The van der Waals surface area contributed by atoms with Crippen molar-refractivity contribution in [1.82, 2.24) is 10.3 Å². The number of anilines is 2. The number of rotatable bonds is 5. The van der Waals surface area contributed by atoms with Crippen molar-refractivity contribution in [3.8, 4) is 12.3 Å². The summed E-state index contributed by atoms with van der Waals surface area (Å²) in [6.45, 7) is 0.562. The van der Waals surface area contributed by atoms with Gasteiger partial charge in [-0.15, -0.1) is 6.42 Å². The molecule has 2 N–H and O–H groups in total. The number of terminal acetylenes is 1. The molecule has 1 rings (SSSR count). The molecule has 0 fully saturated rings. The van der Waals surface area contributed by atoms with Gasteiger partial charge in [0.2, 0.25) is 5.91 Å². The van der Waals surface area contributed by atoms with Gasteiger partial charge in [-0.1, -0.05) is 5.92 Å². The first-order valence-corrected chi connectivity index (χ1v) is 5.21. The molecule has 1 aromatic heterocycles. The third kappa shape index (κ3) is 4.13. The molecular formula is C12H16N4O. The zero-order valence-corrected chi connectivity index (χ0v) is 10.0. The maximum absolute atomic E-state index is 11.6. The van der Waals surface area contributed by atoms with E-state index >= 15 is 0 Å². The summed E-state index contributed by atoms with van der Waals surface area (Å²) in [5.41, 5.74) is 0.685. The van der Waals surface area contributed by atoms with Crippen LogP contribution in [0.5, 0.6) is 0 Å². The number of carbonyl (C=O) groups is 1. The van der Waals surface area contributed by atoms with E-state index in [2.05, 4.69) is 21.5 Å². The van der Waals surface area contributed by atoms with Crippen molar-refractivity contribution < 1.29 is 4.79 Å². The van der Waals surface area contributed by atoms with Crippen LogP contribution in [0.4, 0.5) is 11.5 Å². The Labute approximate surface area is 101 Å². The van der Waals surface area contributed by atoms with Crippen LogP contribution in [0, 0.1) is 12.3 Å². The Morgan fingerprint density at radius 3 is 3.00 bits per heavy atom. The molecule has 0 aromatic carbocycles. The topological polar surface area (TPSA) is 57.3 Å². The molecule has 17 heavy (non-hydrogen) atoms. The minimum atomic E-state index is -0.142. The lowest BCUT2D eigenvalue weighted by Gasteiger charge is -2.16. The van der Waals surface area contributed by atoms with E-state index in [4.69, 9.17) is 6.42 Å². The summed E-state index contributed by atoms with van der Waals surface area (Å²) in [4.78, 5) is 17.6. The lowest BCUT2D eigenvalue weighted by molar-refractivity contribution is -0.115. The van der Waals surface area contributed by atoms with Crippen molar-refractivity contribution in [3.63, 3.8) is 0 Å². The standard InChI is InChI=1S/C12H16N4O/c1-4-7-13-9-11(17)15-10-6-5-8-14-12(10)16(2)3/h1,5-6,8,13H,7,9H2,2-3H3,(H,15,17). The summed E-state index contributed by atoms with van der Waals surface area (Å²) in [5.74, 6) is 2.98. The second-order valence-corrected chi connectivity index (χ2v) is 3.62. The van der Waals surface area contributed by atoms with Gasteiger partial charge in [-0.2, -0.15) is 0 Å². The lowest BCUT2D eigenvalue weighted by atomic mass is 10.3.